The van der Waals surface area contributed by atoms with Gasteiger partial charge in [-0.2, -0.15) is 0 Å². The van der Waals surface area contributed by atoms with Crippen molar-refractivity contribution < 1.29 is 4.74 Å². The molecule has 0 radical (unpaired) electrons. The van der Waals surface area contributed by atoms with E-state index in [-0.39, 0.29) is 6.04 Å². The molecule has 0 spiro atoms. The number of hydrogen-bond acceptors (Lipinski definition) is 3. The molecule has 0 saturated heterocycles. The van der Waals surface area contributed by atoms with Crippen LogP contribution in [0.3, 0.4) is 0 Å². The number of methoxy groups -OCH3 is 1. The van der Waals surface area contributed by atoms with Crippen molar-refractivity contribution in [1.29, 1.82) is 0 Å². The van der Waals surface area contributed by atoms with E-state index in [9.17, 15) is 0 Å². The van der Waals surface area contributed by atoms with E-state index < -0.39 is 0 Å². The molecule has 0 fully saturated rings. The molecule has 1 aromatic heterocycles. The normalized spacial score (nSPS) is 12.5. The SMILES string of the molecule is CNC(c1ccc(Cl)s1)c1ccc(C)c(C)c1OC. The molecule has 1 atom stereocenters. The first-order chi connectivity index (χ1) is 9.08. The molecule has 1 unspecified atom stereocenters. The predicted octanol–water partition coefficient (Wildman–Crippen LogP) is 4.34. The molecule has 1 N–H and O–H groups in total. The molecule has 0 saturated carbocycles. The highest BCUT2D eigenvalue weighted by molar-refractivity contribution is 7.16. The zero-order valence-electron chi connectivity index (χ0n) is 11.6. The lowest BCUT2D eigenvalue weighted by Crippen LogP contribution is -2.17. The van der Waals surface area contributed by atoms with Crippen LogP contribution in [0.5, 0.6) is 5.75 Å². The summed E-state index contributed by atoms with van der Waals surface area (Å²) in [6.45, 7) is 4.18. The van der Waals surface area contributed by atoms with Crippen LogP contribution in [0.2, 0.25) is 4.34 Å². The Morgan fingerprint density at radius 2 is 1.95 bits per heavy atom. The second-order valence-corrected chi connectivity index (χ2v) is 6.24. The van der Waals surface area contributed by atoms with Crippen molar-refractivity contribution in [2.45, 2.75) is 19.9 Å². The largest absolute Gasteiger partial charge is 0.496 e. The first-order valence-electron chi connectivity index (χ1n) is 6.15. The highest BCUT2D eigenvalue weighted by Gasteiger charge is 2.20. The summed E-state index contributed by atoms with van der Waals surface area (Å²) in [6.07, 6.45) is 0. The van der Waals surface area contributed by atoms with Gasteiger partial charge in [0.1, 0.15) is 5.75 Å². The van der Waals surface area contributed by atoms with E-state index in [2.05, 4.69) is 37.4 Å². The first-order valence-corrected chi connectivity index (χ1v) is 7.34. The lowest BCUT2D eigenvalue weighted by atomic mass is 9.98. The fourth-order valence-corrected chi connectivity index (χ4v) is 3.43. The summed E-state index contributed by atoms with van der Waals surface area (Å²) in [5.41, 5.74) is 3.56. The topological polar surface area (TPSA) is 21.3 Å². The highest BCUT2D eigenvalue weighted by atomic mass is 35.5. The van der Waals surface area contributed by atoms with Crippen molar-refractivity contribution in [3.63, 3.8) is 0 Å². The van der Waals surface area contributed by atoms with Crippen LogP contribution in [0.25, 0.3) is 0 Å². The van der Waals surface area contributed by atoms with Crippen molar-refractivity contribution in [3.8, 4) is 5.75 Å². The molecule has 0 aliphatic rings. The minimum Gasteiger partial charge on any atom is -0.496 e. The quantitative estimate of drug-likeness (QED) is 0.906. The van der Waals surface area contributed by atoms with Gasteiger partial charge in [-0.1, -0.05) is 23.7 Å². The maximum absolute atomic E-state index is 6.04. The van der Waals surface area contributed by atoms with Crippen LogP contribution in [0.15, 0.2) is 24.3 Å². The Labute approximate surface area is 123 Å². The van der Waals surface area contributed by atoms with Crippen LogP contribution in [0.4, 0.5) is 0 Å². The van der Waals surface area contributed by atoms with Crippen molar-refractivity contribution >= 4 is 22.9 Å². The van der Waals surface area contributed by atoms with Gasteiger partial charge >= 0.3 is 0 Å². The van der Waals surface area contributed by atoms with E-state index >= 15 is 0 Å². The van der Waals surface area contributed by atoms with Crippen molar-refractivity contribution in [2.75, 3.05) is 14.2 Å². The average Bonchev–Trinajstić information content (AvgIpc) is 2.81. The van der Waals surface area contributed by atoms with Gasteiger partial charge < -0.3 is 10.1 Å². The summed E-state index contributed by atoms with van der Waals surface area (Å²) in [7, 11) is 3.67. The number of benzene rings is 1. The number of thiophene rings is 1. The molecule has 0 amide bonds. The van der Waals surface area contributed by atoms with E-state index in [1.807, 2.05) is 13.1 Å². The Hall–Kier alpha value is -1.03. The fraction of sp³-hybridized carbons (Fsp3) is 0.333. The third-order valence-electron chi connectivity index (χ3n) is 3.39. The summed E-state index contributed by atoms with van der Waals surface area (Å²) in [4.78, 5) is 1.19. The maximum atomic E-state index is 6.04. The van der Waals surface area contributed by atoms with Crippen LogP contribution < -0.4 is 10.1 Å². The van der Waals surface area contributed by atoms with Gasteiger partial charge in [0.15, 0.2) is 0 Å². The molecular formula is C15H18ClNOS. The Morgan fingerprint density at radius 3 is 2.47 bits per heavy atom. The Balaban J connectivity index is 2.52. The van der Waals surface area contributed by atoms with Crippen LogP contribution in [0.1, 0.15) is 27.6 Å². The Morgan fingerprint density at radius 1 is 1.21 bits per heavy atom. The maximum Gasteiger partial charge on any atom is 0.127 e. The summed E-state index contributed by atoms with van der Waals surface area (Å²) in [5.74, 6) is 0.948. The molecule has 0 aliphatic heterocycles. The second kappa shape index (κ2) is 5.95. The van der Waals surface area contributed by atoms with Gasteiger partial charge in [-0.05, 0) is 44.2 Å². The zero-order valence-corrected chi connectivity index (χ0v) is 13.2. The van der Waals surface area contributed by atoms with Crippen LogP contribution in [-0.4, -0.2) is 14.2 Å². The van der Waals surface area contributed by atoms with Gasteiger partial charge in [0.2, 0.25) is 0 Å². The van der Waals surface area contributed by atoms with E-state index in [1.165, 1.54) is 16.0 Å². The first kappa shape index (κ1) is 14.4. The van der Waals surface area contributed by atoms with Gasteiger partial charge in [-0.3, -0.25) is 0 Å². The number of ether oxygens (including phenoxy) is 1. The average molecular weight is 296 g/mol. The Bertz CT molecular complexity index is 580. The fourth-order valence-electron chi connectivity index (χ4n) is 2.24. The highest BCUT2D eigenvalue weighted by Crippen LogP contribution is 2.37. The predicted molar refractivity (Wildman–Crippen MR) is 82.7 cm³/mol. The molecular weight excluding hydrogens is 278 g/mol. The summed E-state index contributed by atoms with van der Waals surface area (Å²) in [5, 5.41) is 3.34. The van der Waals surface area contributed by atoms with Gasteiger partial charge in [-0.25, -0.2) is 0 Å². The lowest BCUT2D eigenvalue weighted by Gasteiger charge is -2.20. The third-order valence-corrected chi connectivity index (χ3v) is 4.69. The number of halogens is 1. The third kappa shape index (κ3) is 2.78. The molecule has 2 nitrogen and oxygen atoms in total. The van der Waals surface area contributed by atoms with Crippen molar-refractivity contribution in [3.05, 3.63) is 50.2 Å². The number of nitrogens with one attached hydrogen (secondary N) is 1. The van der Waals surface area contributed by atoms with Gasteiger partial charge in [-0.15, -0.1) is 11.3 Å². The number of hydrogen-bond donors (Lipinski definition) is 1. The summed E-state index contributed by atoms with van der Waals surface area (Å²) >= 11 is 7.63. The summed E-state index contributed by atoms with van der Waals surface area (Å²) < 4.78 is 6.40. The molecule has 0 aliphatic carbocycles. The molecule has 2 aromatic rings. The van der Waals surface area contributed by atoms with E-state index in [0.29, 0.717) is 0 Å². The molecule has 4 heteroatoms. The molecule has 2 rings (SSSR count). The van der Waals surface area contributed by atoms with Crippen LogP contribution >= 0.6 is 22.9 Å². The van der Waals surface area contributed by atoms with Crippen molar-refractivity contribution in [1.82, 2.24) is 5.32 Å². The molecule has 102 valence electrons. The molecule has 1 aromatic carbocycles. The van der Waals surface area contributed by atoms with Gasteiger partial charge in [0.25, 0.3) is 0 Å². The van der Waals surface area contributed by atoms with Crippen LogP contribution in [-0.2, 0) is 0 Å². The number of rotatable bonds is 4. The van der Waals surface area contributed by atoms with E-state index in [4.69, 9.17) is 16.3 Å². The molecule has 1 heterocycles. The van der Waals surface area contributed by atoms with E-state index in [1.54, 1.807) is 18.4 Å². The van der Waals surface area contributed by atoms with Crippen LogP contribution in [0, 0.1) is 13.8 Å². The number of aryl methyl sites for hydroxylation is 1. The molecule has 19 heavy (non-hydrogen) atoms. The minimum absolute atomic E-state index is 0.103. The minimum atomic E-state index is 0.103. The second-order valence-electron chi connectivity index (χ2n) is 4.49. The lowest BCUT2D eigenvalue weighted by molar-refractivity contribution is 0.402. The smallest absolute Gasteiger partial charge is 0.127 e. The monoisotopic (exact) mass is 295 g/mol. The zero-order chi connectivity index (χ0) is 14.0. The van der Waals surface area contributed by atoms with E-state index in [0.717, 1.165) is 15.6 Å². The van der Waals surface area contributed by atoms with Gasteiger partial charge in [0.05, 0.1) is 17.5 Å². The Kier molecular flexibility index (Phi) is 4.50. The molecule has 0 bridgehead atoms. The standard InChI is InChI=1S/C15H18ClNOS/c1-9-5-6-11(15(18-4)10(9)2)14(17-3)12-7-8-13(16)19-12/h5-8,14,17H,1-4H3. The van der Waals surface area contributed by atoms with Crippen molar-refractivity contribution in [2.24, 2.45) is 0 Å². The summed E-state index contributed by atoms with van der Waals surface area (Å²) in [6, 6.07) is 8.34. The van der Waals surface area contributed by atoms with Gasteiger partial charge in [0, 0.05) is 10.4 Å².